The molecule has 0 aliphatic heterocycles. The molecule has 2 N–H and O–H groups in total. The number of ether oxygens (including phenoxy) is 1. The van der Waals surface area contributed by atoms with Crippen molar-refractivity contribution in [2.24, 2.45) is 5.73 Å². The van der Waals surface area contributed by atoms with Crippen LogP contribution in [0.25, 0.3) is 0 Å². The smallest absolute Gasteiger partial charge is 0.407 e. The minimum Gasteiger partial charge on any atom is -0.496 e. The van der Waals surface area contributed by atoms with Crippen molar-refractivity contribution in [3.63, 3.8) is 0 Å². The van der Waals surface area contributed by atoms with Crippen molar-refractivity contribution in [2.75, 3.05) is 7.11 Å². The van der Waals surface area contributed by atoms with E-state index in [4.69, 9.17) is 10.5 Å². The van der Waals surface area contributed by atoms with Gasteiger partial charge in [-0.3, -0.25) is 0 Å². The van der Waals surface area contributed by atoms with E-state index in [1.807, 2.05) is 0 Å². The molecule has 2 nitrogen and oxygen atoms in total. The van der Waals surface area contributed by atoms with Crippen LogP contribution in [0.3, 0.4) is 0 Å². The summed E-state index contributed by atoms with van der Waals surface area (Å²) in [6, 6.07) is -1.96. The standard InChI is InChI=1S/C7H8F3NOS/c1-12-5-3-13-2-4(5)6(11)7(8,9)10/h2-3,6H,11H2,1H3/t6-/m0/s1. The molecule has 0 aliphatic rings. The number of methoxy groups -OCH3 is 1. The average Bonchev–Trinajstić information content (AvgIpc) is 2.48. The average molecular weight is 211 g/mol. The predicted octanol–water partition coefficient (Wildman–Crippen LogP) is 2.32. The third kappa shape index (κ3) is 2.13. The van der Waals surface area contributed by atoms with Crippen molar-refractivity contribution in [1.29, 1.82) is 0 Å². The van der Waals surface area contributed by atoms with Crippen LogP contribution in [0.5, 0.6) is 5.75 Å². The molecule has 1 rings (SSSR count). The lowest BCUT2D eigenvalue weighted by atomic mass is 10.1. The third-order valence-corrected chi connectivity index (χ3v) is 2.30. The highest BCUT2D eigenvalue weighted by Crippen LogP contribution is 2.37. The lowest BCUT2D eigenvalue weighted by Crippen LogP contribution is -2.28. The van der Waals surface area contributed by atoms with Crippen molar-refractivity contribution in [1.82, 2.24) is 0 Å². The molecule has 0 saturated heterocycles. The molecule has 0 unspecified atom stereocenters. The Hall–Kier alpha value is -0.750. The van der Waals surface area contributed by atoms with E-state index in [0.29, 0.717) is 0 Å². The number of hydrogen-bond donors (Lipinski definition) is 1. The van der Waals surface area contributed by atoms with Crippen LogP contribution < -0.4 is 10.5 Å². The van der Waals surface area contributed by atoms with Gasteiger partial charge in [0.1, 0.15) is 11.8 Å². The maximum atomic E-state index is 12.2. The minimum atomic E-state index is -4.42. The van der Waals surface area contributed by atoms with Gasteiger partial charge in [0.25, 0.3) is 0 Å². The van der Waals surface area contributed by atoms with Crippen molar-refractivity contribution < 1.29 is 17.9 Å². The molecule has 0 fully saturated rings. The zero-order chi connectivity index (χ0) is 10.1. The Labute approximate surface area is 77.1 Å². The Morgan fingerprint density at radius 1 is 1.46 bits per heavy atom. The maximum Gasteiger partial charge on any atom is 0.407 e. The largest absolute Gasteiger partial charge is 0.496 e. The minimum absolute atomic E-state index is 0.0139. The Morgan fingerprint density at radius 3 is 2.54 bits per heavy atom. The van der Waals surface area contributed by atoms with Crippen molar-refractivity contribution in [2.45, 2.75) is 12.2 Å². The van der Waals surface area contributed by atoms with E-state index in [0.717, 1.165) is 11.3 Å². The molecule has 0 aromatic carbocycles. The lowest BCUT2D eigenvalue weighted by molar-refractivity contribution is -0.149. The summed E-state index contributed by atoms with van der Waals surface area (Å²) >= 11 is 1.13. The van der Waals surface area contributed by atoms with Crippen LogP contribution in [-0.2, 0) is 0 Å². The summed E-state index contributed by atoms with van der Waals surface area (Å²) in [6.45, 7) is 0. The molecule has 1 aromatic heterocycles. The van der Waals surface area contributed by atoms with Gasteiger partial charge in [0.05, 0.1) is 7.11 Å². The SMILES string of the molecule is COc1cscc1[C@H](N)C(F)(F)F. The summed E-state index contributed by atoms with van der Waals surface area (Å²) in [7, 11) is 1.31. The topological polar surface area (TPSA) is 35.2 Å². The molecule has 1 heterocycles. The second kappa shape index (κ2) is 3.55. The fourth-order valence-electron chi connectivity index (χ4n) is 0.864. The van der Waals surface area contributed by atoms with Crippen LogP contribution in [-0.4, -0.2) is 13.3 Å². The molecule has 0 aliphatic carbocycles. The lowest BCUT2D eigenvalue weighted by Gasteiger charge is -2.15. The highest BCUT2D eigenvalue weighted by atomic mass is 32.1. The van der Waals surface area contributed by atoms with Crippen LogP contribution in [0.4, 0.5) is 13.2 Å². The number of hydrogen-bond acceptors (Lipinski definition) is 3. The second-order valence-electron chi connectivity index (χ2n) is 2.41. The Morgan fingerprint density at radius 2 is 2.08 bits per heavy atom. The first-order chi connectivity index (χ1) is 5.96. The van der Waals surface area contributed by atoms with Crippen molar-refractivity contribution in [3.05, 3.63) is 16.3 Å². The molecule has 13 heavy (non-hydrogen) atoms. The monoisotopic (exact) mass is 211 g/mol. The Balaban J connectivity index is 2.94. The predicted molar refractivity (Wildman–Crippen MR) is 43.9 cm³/mol. The van der Waals surface area contributed by atoms with Crippen LogP contribution in [0.2, 0.25) is 0 Å². The first kappa shape index (κ1) is 10.3. The van der Waals surface area contributed by atoms with Crippen molar-refractivity contribution >= 4 is 11.3 Å². The van der Waals surface area contributed by atoms with Gasteiger partial charge in [-0.2, -0.15) is 13.2 Å². The van der Waals surface area contributed by atoms with E-state index < -0.39 is 12.2 Å². The highest BCUT2D eigenvalue weighted by molar-refractivity contribution is 7.08. The molecule has 1 aromatic rings. The molecule has 0 spiro atoms. The number of rotatable bonds is 2. The van der Waals surface area contributed by atoms with E-state index in [9.17, 15) is 13.2 Å². The quantitative estimate of drug-likeness (QED) is 0.814. The number of nitrogens with two attached hydrogens (primary N) is 1. The molecule has 6 heteroatoms. The molecule has 74 valence electrons. The van der Waals surface area contributed by atoms with Gasteiger partial charge in [-0.15, -0.1) is 11.3 Å². The van der Waals surface area contributed by atoms with Crippen LogP contribution in [0, 0.1) is 0 Å². The van der Waals surface area contributed by atoms with Gasteiger partial charge in [0.2, 0.25) is 0 Å². The molecule has 1 atom stereocenters. The van der Waals surface area contributed by atoms with Gasteiger partial charge in [-0.05, 0) is 5.38 Å². The number of thiophene rings is 1. The summed E-state index contributed by atoms with van der Waals surface area (Å²) in [5.41, 5.74) is 4.98. The Bertz CT molecular complexity index is 284. The fourth-order valence-corrected chi connectivity index (χ4v) is 1.70. The number of halogens is 3. The highest BCUT2D eigenvalue weighted by Gasteiger charge is 2.39. The van der Waals surface area contributed by atoms with E-state index in [-0.39, 0.29) is 11.3 Å². The van der Waals surface area contributed by atoms with E-state index in [1.54, 1.807) is 0 Å². The van der Waals surface area contributed by atoms with Gasteiger partial charge in [-0.25, -0.2) is 0 Å². The van der Waals surface area contributed by atoms with Gasteiger partial charge in [0, 0.05) is 10.9 Å². The molecule has 0 saturated carbocycles. The van der Waals surface area contributed by atoms with E-state index in [2.05, 4.69) is 0 Å². The van der Waals surface area contributed by atoms with E-state index in [1.165, 1.54) is 17.9 Å². The third-order valence-electron chi connectivity index (χ3n) is 1.56. The molecule has 0 amide bonds. The summed E-state index contributed by atoms with van der Waals surface area (Å²) in [5, 5.41) is 2.83. The van der Waals surface area contributed by atoms with Gasteiger partial charge >= 0.3 is 6.18 Å². The van der Waals surface area contributed by atoms with Gasteiger partial charge in [0.15, 0.2) is 0 Å². The summed E-state index contributed by atoms with van der Waals surface area (Å²) in [4.78, 5) is 0. The van der Waals surface area contributed by atoms with Crippen LogP contribution in [0.15, 0.2) is 10.8 Å². The zero-order valence-electron chi connectivity index (χ0n) is 6.76. The van der Waals surface area contributed by atoms with Gasteiger partial charge < -0.3 is 10.5 Å². The molecular formula is C7H8F3NOS. The van der Waals surface area contributed by atoms with Crippen molar-refractivity contribution in [3.8, 4) is 5.75 Å². The number of alkyl halides is 3. The Kier molecular flexibility index (Phi) is 2.82. The molecule has 0 bridgehead atoms. The van der Waals surface area contributed by atoms with Gasteiger partial charge in [-0.1, -0.05) is 0 Å². The molecule has 0 radical (unpaired) electrons. The molecular weight excluding hydrogens is 203 g/mol. The maximum absolute atomic E-state index is 12.2. The second-order valence-corrected chi connectivity index (χ2v) is 3.16. The van der Waals surface area contributed by atoms with Crippen LogP contribution in [0.1, 0.15) is 11.6 Å². The zero-order valence-corrected chi connectivity index (χ0v) is 7.58. The summed E-state index contributed by atoms with van der Waals surface area (Å²) in [5.74, 6) is 0.190. The fraction of sp³-hybridized carbons (Fsp3) is 0.429. The normalized spacial score (nSPS) is 14.2. The van der Waals surface area contributed by atoms with Crippen LogP contribution >= 0.6 is 11.3 Å². The summed E-state index contributed by atoms with van der Waals surface area (Å²) < 4.78 is 41.2. The first-order valence-electron chi connectivity index (χ1n) is 3.39. The summed E-state index contributed by atoms with van der Waals surface area (Å²) in [6.07, 6.45) is -4.42. The first-order valence-corrected chi connectivity index (χ1v) is 4.33. The van der Waals surface area contributed by atoms with E-state index >= 15 is 0 Å².